The van der Waals surface area contributed by atoms with Gasteiger partial charge in [-0.2, -0.15) is 0 Å². The van der Waals surface area contributed by atoms with Gasteiger partial charge >= 0.3 is 0 Å². The molecule has 2 aromatic heterocycles. The van der Waals surface area contributed by atoms with Crippen molar-refractivity contribution in [1.82, 2.24) is 9.38 Å². The van der Waals surface area contributed by atoms with Crippen molar-refractivity contribution in [2.24, 2.45) is 0 Å². The predicted octanol–water partition coefficient (Wildman–Crippen LogP) is 13.0. The van der Waals surface area contributed by atoms with E-state index in [4.69, 9.17) is 4.98 Å². The minimum absolute atomic E-state index is 0.0302. The Hall–Kier alpha value is -7.09. The van der Waals surface area contributed by atoms with Gasteiger partial charge < -0.3 is 9.80 Å². The number of anilines is 9. The van der Waals surface area contributed by atoms with Crippen LogP contribution in [0.15, 0.2) is 182 Å². The molecule has 0 unspecified atom stereocenters. The van der Waals surface area contributed by atoms with Crippen LogP contribution in [0, 0.1) is 13.8 Å². The van der Waals surface area contributed by atoms with Crippen molar-refractivity contribution in [2.45, 2.75) is 59.7 Å². The molecule has 0 spiro atoms. The van der Waals surface area contributed by atoms with Crippen molar-refractivity contribution in [3.63, 3.8) is 0 Å². The summed E-state index contributed by atoms with van der Waals surface area (Å²) < 4.78 is 2.29. The zero-order valence-electron chi connectivity index (χ0n) is 38.6. The normalized spacial score (nSPS) is 13.1. The Morgan fingerprint density at radius 2 is 1.12 bits per heavy atom. The number of hydrogen-bond donors (Lipinski definition) is 0. The van der Waals surface area contributed by atoms with Crippen molar-refractivity contribution < 1.29 is 0 Å². The van der Waals surface area contributed by atoms with E-state index in [2.05, 4.69) is 255 Å². The highest BCUT2D eigenvalue weighted by Gasteiger charge is 2.47. The summed E-state index contributed by atoms with van der Waals surface area (Å²) in [5.74, 6) is 1.09. The fourth-order valence-electron chi connectivity index (χ4n) is 10.2. The van der Waals surface area contributed by atoms with Gasteiger partial charge in [0.2, 0.25) is 0 Å². The molecule has 0 atom stereocenters. The first-order chi connectivity index (χ1) is 31.3. The zero-order chi connectivity index (χ0) is 44.8. The number of para-hydroxylation sites is 2. The lowest BCUT2D eigenvalue weighted by atomic mass is 9.35. The summed E-state index contributed by atoms with van der Waals surface area (Å²) in [6, 6.07) is 65.1. The van der Waals surface area contributed by atoms with Crippen LogP contribution in [0.25, 0.3) is 16.8 Å². The summed E-state index contributed by atoms with van der Waals surface area (Å²) in [4.78, 5) is 13.1. The number of pyridine rings is 1. The third-order valence-electron chi connectivity index (χ3n) is 13.5. The summed E-state index contributed by atoms with van der Waals surface area (Å²) in [6.45, 7) is 18.7. The van der Waals surface area contributed by atoms with Gasteiger partial charge in [0.05, 0.1) is 19.4 Å². The molecule has 0 N–H and O–H groups in total. The molecule has 0 saturated heterocycles. The maximum Gasteiger partial charge on any atom is 0.277 e. The SMILES string of the molecule is Cc1cc(-c2ccccc2)cc(C)c1N(c1ccc(C(C)(C)C)cc1)c1ccc2c(c1)N(c1ccccc1)c1cc([Si](C)(C)C)cc3c1B2c1nc2ccccn2c1N3c1ccccc1. The second kappa shape index (κ2) is 15.3. The second-order valence-electron chi connectivity index (χ2n) is 19.9. The first-order valence-electron chi connectivity index (χ1n) is 22.9. The van der Waals surface area contributed by atoms with E-state index in [9.17, 15) is 0 Å². The largest absolute Gasteiger partial charge is 0.311 e. The third-order valence-corrected chi connectivity index (χ3v) is 15.5. The minimum atomic E-state index is -1.88. The van der Waals surface area contributed by atoms with Gasteiger partial charge in [0, 0.05) is 46.0 Å². The van der Waals surface area contributed by atoms with Crippen LogP contribution in [-0.2, 0) is 5.41 Å². The van der Waals surface area contributed by atoms with E-state index in [0.717, 1.165) is 45.5 Å². The molecule has 11 rings (SSSR count). The highest BCUT2D eigenvalue weighted by Crippen LogP contribution is 2.47. The molecule has 65 heavy (non-hydrogen) atoms. The van der Waals surface area contributed by atoms with E-state index in [-0.39, 0.29) is 12.1 Å². The first-order valence-corrected chi connectivity index (χ1v) is 26.4. The smallest absolute Gasteiger partial charge is 0.277 e. The van der Waals surface area contributed by atoms with Gasteiger partial charge in [0.1, 0.15) is 11.5 Å². The monoisotopic (exact) mass is 859 g/mol. The van der Waals surface area contributed by atoms with E-state index >= 15 is 0 Å². The molecule has 5 nitrogen and oxygen atoms in total. The van der Waals surface area contributed by atoms with Crippen LogP contribution in [0.4, 0.5) is 51.3 Å². The van der Waals surface area contributed by atoms with Crippen molar-refractivity contribution in [1.29, 1.82) is 0 Å². The van der Waals surface area contributed by atoms with Gasteiger partial charge in [-0.25, -0.2) is 4.98 Å². The van der Waals surface area contributed by atoms with Gasteiger partial charge in [-0.15, -0.1) is 0 Å². The molecule has 0 bridgehead atoms. The van der Waals surface area contributed by atoms with Crippen molar-refractivity contribution >= 4 is 93.5 Å². The Kier molecular flexibility index (Phi) is 9.56. The summed E-state index contributed by atoms with van der Waals surface area (Å²) in [7, 11) is -1.88. The number of fused-ring (bicyclic) bond motifs is 6. The van der Waals surface area contributed by atoms with Gasteiger partial charge in [-0.1, -0.05) is 137 Å². The number of hydrogen-bond acceptors (Lipinski definition) is 4. The molecule has 0 fully saturated rings. The molecule has 9 aromatic rings. The lowest BCUT2D eigenvalue weighted by molar-refractivity contribution is 0.590. The summed E-state index contributed by atoms with van der Waals surface area (Å²) in [5, 5.41) is 1.41. The van der Waals surface area contributed by atoms with Gasteiger partial charge in [-0.3, -0.25) is 9.30 Å². The van der Waals surface area contributed by atoms with E-state index in [1.807, 2.05) is 0 Å². The average molecular weight is 860 g/mol. The predicted molar refractivity (Wildman–Crippen MR) is 280 cm³/mol. The van der Waals surface area contributed by atoms with Crippen molar-refractivity contribution in [3.8, 4) is 11.1 Å². The molecule has 0 aliphatic carbocycles. The molecule has 2 aliphatic rings. The Labute approximate surface area is 385 Å². The van der Waals surface area contributed by atoms with E-state index in [0.29, 0.717) is 0 Å². The van der Waals surface area contributed by atoms with E-state index < -0.39 is 8.07 Å². The molecule has 0 radical (unpaired) electrons. The molecular weight excluding hydrogens is 806 g/mol. The first kappa shape index (κ1) is 40.7. The van der Waals surface area contributed by atoms with Crippen LogP contribution >= 0.6 is 0 Å². The van der Waals surface area contributed by atoms with Gasteiger partial charge in [-0.05, 0) is 143 Å². The Bertz CT molecular complexity index is 3240. The summed E-state index contributed by atoms with van der Waals surface area (Å²) >= 11 is 0. The molecule has 7 heteroatoms. The van der Waals surface area contributed by atoms with Crippen molar-refractivity contribution in [2.75, 3.05) is 14.7 Å². The lowest BCUT2D eigenvalue weighted by Crippen LogP contribution is -2.62. The second-order valence-corrected chi connectivity index (χ2v) is 25.0. The molecule has 318 valence electrons. The minimum Gasteiger partial charge on any atom is -0.311 e. The molecule has 0 saturated carbocycles. The number of nitrogens with zero attached hydrogens (tertiary/aromatic N) is 5. The van der Waals surface area contributed by atoms with Crippen LogP contribution in [0.2, 0.25) is 19.6 Å². The quantitative estimate of drug-likeness (QED) is 0.149. The number of aryl methyl sites for hydroxylation is 2. The van der Waals surface area contributed by atoms with E-state index in [1.54, 1.807) is 0 Å². The average Bonchev–Trinajstić information content (AvgIpc) is 3.69. The Morgan fingerprint density at radius 1 is 0.554 bits per heavy atom. The number of rotatable bonds is 7. The van der Waals surface area contributed by atoms with Crippen LogP contribution in [0.5, 0.6) is 0 Å². The molecule has 0 amide bonds. The van der Waals surface area contributed by atoms with Crippen LogP contribution < -0.4 is 36.4 Å². The fourth-order valence-corrected chi connectivity index (χ4v) is 11.4. The summed E-state index contributed by atoms with van der Waals surface area (Å²) in [5.41, 5.74) is 20.0. The number of imidazole rings is 1. The lowest BCUT2D eigenvalue weighted by Gasteiger charge is -2.44. The van der Waals surface area contributed by atoms with Crippen LogP contribution in [-0.4, -0.2) is 24.2 Å². The maximum atomic E-state index is 5.56. The molecule has 7 aromatic carbocycles. The highest BCUT2D eigenvalue weighted by molar-refractivity contribution is 7.00. The summed E-state index contributed by atoms with van der Waals surface area (Å²) in [6.07, 6.45) is 2.17. The standard InChI is InChI=1S/C58H54BN5Si/c1-39-34-42(41-20-12-9-13-21-41)35-40(2)55(39)62(46-29-27-43(28-30-46)58(3,4)5)47-31-32-49-50(36-47)63(44-22-14-10-15-23-44)51-37-48(65(6,7)8)38-52-54(51)59(49)56-57(61-33-19-18-26-53(61)60-56)64(52)45-24-16-11-17-25-45/h9-38H,1-8H3. The van der Waals surface area contributed by atoms with Crippen LogP contribution in [0.3, 0.4) is 0 Å². The third kappa shape index (κ3) is 6.80. The zero-order valence-corrected chi connectivity index (χ0v) is 39.6. The van der Waals surface area contributed by atoms with Gasteiger partial charge in [0.25, 0.3) is 6.71 Å². The van der Waals surface area contributed by atoms with Crippen molar-refractivity contribution in [3.05, 3.63) is 199 Å². The number of aromatic nitrogens is 2. The Morgan fingerprint density at radius 3 is 1.74 bits per heavy atom. The molecule has 4 heterocycles. The molecular formula is C58H54BN5Si. The van der Waals surface area contributed by atoms with E-state index in [1.165, 1.54) is 61.0 Å². The fraction of sp³-hybridized carbons (Fsp3) is 0.155. The van der Waals surface area contributed by atoms with Gasteiger partial charge in [0.15, 0.2) is 0 Å². The Balaban J connectivity index is 1.20. The maximum absolute atomic E-state index is 5.56. The van der Waals surface area contributed by atoms with Crippen LogP contribution in [0.1, 0.15) is 37.5 Å². The topological polar surface area (TPSA) is 27.0 Å². The highest BCUT2D eigenvalue weighted by atomic mass is 28.3. The number of benzene rings is 7. The molecule has 2 aliphatic heterocycles.